The second kappa shape index (κ2) is 17.2. The van der Waals surface area contributed by atoms with Gasteiger partial charge in [-0.15, -0.1) is 0 Å². The van der Waals surface area contributed by atoms with Crippen LogP contribution in [0, 0.1) is 0 Å². The van der Waals surface area contributed by atoms with Gasteiger partial charge in [-0.3, -0.25) is 38.4 Å². The van der Waals surface area contributed by atoms with E-state index in [4.69, 9.17) is 16.6 Å². The van der Waals surface area contributed by atoms with E-state index >= 15 is 0 Å². The maximum Gasteiger partial charge on any atom is 0.326 e. The van der Waals surface area contributed by atoms with Crippen molar-refractivity contribution in [3.8, 4) is 0 Å². The lowest BCUT2D eigenvalue weighted by atomic mass is 10.1. The molecule has 6 amide bonds. The van der Waals surface area contributed by atoms with Crippen molar-refractivity contribution >= 4 is 53.4 Å². The molecule has 0 radical (unpaired) electrons. The van der Waals surface area contributed by atoms with Gasteiger partial charge in [0.15, 0.2) is 0 Å². The molecule has 0 aliphatic carbocycles. The molecule has 20 nitrogen and oxygen atoms in total. The second-order valence-corrected chi connectivity index (χ2v) is 9.48. The molecule has 5 atom stereocenters. The van der Waals surface area contributed by atoms with Crippen LogP contribution in [0.2, 0.25) is 0 Å². The molecular formula is C23H35N7O13. The van der Waals surface area contributed by atoms with Gasteiger partial charge in [0.25, 0.3) is 0 Å². The van der Waals surface area contributed by atoms with Crippen LogP contribution in [0.4, 0.5) is 0 Å². The molecule has 1 saturated heterocycles. The van der Waals surface area contributed by atoms with Gasteiger partial charge in [0.1, 0.15) is 24.2 Å². The highest BCUT2D eigenvalue weighted by atomic mass is 16.4. The first-order valence-corrected chi connectivity index (χ1v) is 12.9. The van der Waals surface area contributed by atoms with Crippen LogP contribution < -0.4 is 32.7 Å². The van der Waals surface area contributed by atoms with Crippen LogP contribution >= 0.6 is 0 Å². The zero-order valence-electron chi connectivity index (χ0n) is 22.8. The van der Waals surface area contributed by atoms with Gasteiger partial charge in [0.2, 0.25) is 35.4 Å². The normalized spacial score (nSPS) is 17.0. The zero-order chi connectivity index (χ0) is 32.9. The number of nitrogens with two attached hydrogens (primary N) is 2. The summed E-state index contributed by atoms with van der Waals surface area (Å²) >= 11 is 0. The fourth-order valence-electron chi connectivity index (χ4n) is 3.96. The summed E-state index contributed by atoms with van der Waals surface area (Å²) in [4.78, 5) is 108. The van der Waals surface area contributed by atoms with Crippen LogP contribution in [0.3, 0.4) is 0 Å². The molecule has 0 unspecified atom stereocenters. The smallest absolute Gasteiger partial charge is 0.326 e. The first kappa shape index (κ1) is 36.2. The highest BCUT2D eigenvalue weighted by Crippen LogP contribution is 2.19. The predicted octanol–water partition coefficient (Wildman–Crippen LogP) is -5.83. The number of carboxylic acid groups (broad SMARTS) is 3. The van der Waals surface area contributed by atoms with Gasteiger partial charge in [-0.05, 0) is 19.3 Å². The largest absolute Gasteiger partial charge is 0.481 e. The minimum atomic E-state index is -1.76. The van der Waals surface area contributed by atoms with Crippen molar-refractivity contribution in [3.63, 3.8) is 0 Å². The van der Waals surface area contributed by atoms with Crippen LogP contribution in [0.5, 0.6) is 0 Å². The Labute approximate surface area is 243 Å². The van der Waals surface area contributed by atoms with E-state index < -0.39 is 116 Å². The molecule has 20 heteroatoms. The van der Waals surface area contributed by atoms with Gasteiger partial charge in [-0.25, -0.2) is 4.79 Å². The number of nitrogens with one attached hydrogen (secondary N) is 4. The molecule has 1 rings (SSSR count). The van der Waals surface area contributed by atoms with E-state index in [1.165, 1.54) is 0 Å². The Morgan fingerprint density at radius 1 is 0.814 bits per heavy atom. The minimum Gasteiger partial charge on any atom is -0.481 e. The van der Waals surface area contributed by atoms with Crippen molar-refractivity contribution in [1.29, 1.82) is 0 Å². The van der Waals surface area contributed by atoms with Crippen LogP contribution in [0.15, 0.2) is 0 Å². The Bertz CT molecular complexity index is 1120. The summed E-state index contributed by atoms with van der Waals surface area (Å²) < 4.78 is 0. The standard InChI is InChI=1S/C23H35N7O13/c24-10(3-4-17(34)35)19(38)29-13(9-31)20(39)26-8-16(33)27-11(6-15(25)32)21(40)28-12(7-18(36)37)22(41)30-5-1-2-14(30)23(42)43/h10-14,31H,1-9,24H2,(H2,25,32)(H,26,39)(H,27,33)(H,28,40)(H,29,38)(H,34,35)(H,36,37)(H,42,43)/t10-,11-,12-,13-,14-/m0/s1. The van der Waals surface area contributed by atoms with E-state index in [-0.39, 0.29) is 19.4 Å². The molecule has 0 spiro atoms. The third-order valence-corrected chi connectivity index (χ3v) is 6.12. The molecule has 0 aromatic heterocycles. The zero-order valence-corrected chi connectivity index (χ0v) is 22.8. The quantitative estimate of drug-likeness (QED) is 0.0685. The number of aliphatic hydroxyl groups is 1. The molecule has 1 aliphatic heterocycles. The number of rotatable bonds is 18. The van der Waals surface area contributed by atoms with Crippen molar-refractivity contribution in [2.24, 2.45) is 11.5 Å². The molecule has 0 bridgehead atoms. The summed E-state index contributed by atoms with van der Waals surface area (Å²) in [6.45, 7) is -1.80. The van der Waals surface area contributed by atoms with Gasteiger partial charge in [0, 0.05) is 13.0 Å². The number of amides is 6. The summed E-state index contributed by atoms with van der Waals surface area (Å²) in [6, 6.07) is -7.65. The predicted molar refractivity (Wildman–Crippen MR) is 139 cm³/mol. The molecule has 12 N–H and O–H groups in total. The van der Waals surface area contributed by atoms with E-state index in [2.05, 4.69) is 21.3 Å². The van der Waals surface area contributed by atoms with E-state index in [9.17, 15) is 58.5 Å². The van der Waals surface area contributed by atoms with E-state index in [1.54, 1.807) is 0 Å². The highest BCUT2D eigenvalue weighted by molar-refractivity contribution is 5.98. The number of likely N-dealkylation sites (tertiary alicyclic amines) is 1. The Hall–Kier alpha value is -4.85. The minimum absolute atomic E-state index is 0.00744. The van der Waals surface area contributed by atoms with E-state index in [1.807, 2.05) is 0 Å². The van der Waals surface area contributed by atoms with Gasteiger partial charge in [-0.1, -0.05) is 0 Å². The Morgan fingerprint density at radius 2 is 1.44 bits per heavy atom. The van der Waals surface area contributed by atoms with Crippen molar-refractivity contribution < 1.29 is 63.6 Å². The SMILES string of the molecule is NC(=O)C[C@H](NC(=O)CNC(=O)[C@H](CO)NC(=O)[C@@H](N)CCC(=O)O)C(=O)N[C@@H](CC(=O)O)C(=O)N1CCC[C@H]1C(=O)O. The summed E-state index contributed by atoms with van der Waals surface area (Å²) in [6.07, 6.45) is -2.03. The number of carbonyl (C=O) groups excluding carboxylic acids is 6. The van der Waals surface area contributed by atoms with Crippen LogP contribution in [-0.2, 0) is 43.2 Å². The number of hydrogen-bond acceptors (Lipinski definition) is 11. The highest BCUT2D eigenvalue weighted by Gasteiger charge is 2.39. The third kappa shape index (κ3) is 12.3. The topological polar surface area (TPSA) is 338 Å². The van der Waals surface area contributed by atoms with E-state index in [0.717, 1.165) is 4.90 Å². The second-order valence-electron chi connectivity index (χ2n) is 9.48. The Kier molecular flexibility index (Phi) is 14.5. The lowest BCUT2D eigenvalue weighted by Gasteiger charge is -2.28. The van der Waals surface area contributed by atoms with Gasteiger partial charge < -0.3 is 58.1 Å². The lowest BCUT2D eigenvalue weighted by Crippen LogP contribution is -2.58. The number of primary amides is 1. The average molecular weight is 618 g/mol. The molecule has 0 saturated carbocycles. The number of carboxylic acids is 3. The van der Waals surface area contributed by atoms with Gasteiger partial charge in [0.05, 0.1) is 32.0 Å². The van der Waals surface area contributed by atoms with Crippen molar-refractivity contribution in [2.45, 2.75) is 68.7 Å². The van der Waals surface area contributed by atoms with Gasteiger partial charge >= 0.3 is 17.9 Å². The molecule has 0 aromatic carbocycles. The average Bonchev–Trinajstić information content (AvgIpc) is 3.42. The van der Waals surface area contributed by atoms with Crippen LogP contribution in [0.25, 0.3) is 0 Å². The summed E-state index contributed by atoms with van der Waals surface area (Å²) in [5, 5.41) is 44.9. The Balaban J connectivity index is 2.86. The number of aliphatic hydroxyl groups excluding tert-OH is 1. The van der Waals surface area contributed by atoms with Crippen LogP contribution in [-0.4, -0.2) is 129 Å². The number of nitrogens with zero attached hydrogens (tertiary/aromatic N) is 1. The van der Waals surface area contributed by atoms with Crippen molar-refractivity contribution in [2.75, 3.05) is 19.7 Å². The monoisotopic (exact) mass is 617 g/mol. The molecule has 43 heavy (non-hydrogen) atoms. The summed E-state index contributed by atoms with van der Waals surface area (Å²) in [5.74, 6) is -10.5. The summed E-state index contributed by atoms with van der Waals surface area (Å²) in [7, 11) is 0. The molecule has 0 aromatic rings. The van der Waals surface area contributed by atoms with Crippen LogP contribution in [0.1, 0.15) is 38.5 Å². The first-order chi connectivity index (χ1) is 20.1. The maximum absolute atomic E-state index is 12.9. The molecule has 240 valence electrons. The maximum atomic E-state index is 12.9. The molecule has 1 heterocycles. The van der Waals surface area contributed by atoms with Crippen molar-refractivity contribution in [1.82, 2.24) is 26.2 Å². The van der Waals surface area contributed by atoms with Gasteiger partial charge in [-0.2, -0.15) is 0 Å². The Morgan fingerprint density at radius 3 is 1.98 bits per heavy atom. The fourth-order valence-corrected chi connectivity index (χ4v) is 3.96. The number of carbonyl (C=O) groups is 9. The number of hydrogen-bond donors (Lipinski definition) is 10. The molecule has 1 fully saturated rings. The number of aliphatic carboxylic acids is 3. The molecule has 1 aliphatic rings. The van der Waals surface area contributed by atoms with Crippen molar-refractivity contribution in [3.05, 3.63) is 0 Å². The summed E-state index contributed by atoms with van der Waals surface area (Å²) in [5.41, 5.74) is 10.7. The van der Waals surface area contributed by atoms with E-state index in [0.29, 0.717) is 6.42 Å². The molecular weight excluding hydrogens is 582 g/mol. The lowest BCUT2D eigenvalue weighted by molar-refractivity contribution is -0.150. The fraction of sp³-hybridized carbons (Fsp3) is 0.609. The third-order valence-electron chi connectivity index (χ3n) is 6.12. The first-order valence-electron chi connectivity index (χ1n) is 12.9.